The summed E-state index contributed by atoms with van der Waals surface area (Å²) in [4.78, 5) is 22.2. The maximum atomic E-state index is 11.3. The number of ether oxygens (including phenoxy) is 1. The van der Waals surface area contributed by atoms with Gasteiger partial charge in [0, 0.05) is 13.0 Å². The number of carbonyl (C=O) groups excluding carboxylic acids is 2. The fourth-order valence-electron chi connectivity index (χ4n) is 1.64. The van der Waals surface area contributed by atoms with Crippen molar-refractivity contribution in [3.8, 4) is 5.75 Å². The molecule has 0 bridgehead atoms. The smallest absolute Gasteiger partial charge is 0.328 e. The van der Waals surface area contributed by atoms with Gasteiger partial charge in [0.25, 0.3) is 0 Å². The minimum Gasteiger partial charge on any atom is -0.486 e. The van der Waals surface area contributed by atoms with Gasteiger partial charge in [-0.05, 0) is 30.5 Å². The standard InChI is InChI=1S/C14H21N3O3/c1-2-3-12(18)10-20-13-6-4-11(5-7-13)8-9-16-14(19)17-15/h4-7H,2-3,8-10,15H2,1H3,(H2,16,17,19). The molecule has 0 saturated heterocycles. The summed E-state index contributed by atoms with van der Waals surface area (Å²) in [7, 11) is 0. The van der Waals surface area contributed by atoms with Gasteiger partial charge in [0.1, 0.15) is 12.4 Å². The second kappa shape index (κ2) is 8.92. The molecular weight excluding hydrogens is 258 g/mol. The fraction of sp³-hybridized carbons (Fsp3) is 0.429. The minimum atomic E-state index is -0.403. The highest BCUT2D eigenvalue weighted by Gasteiger charge is 2.02. The van der Waals surface area contributed by atoms with Crippen LogP contribution >= 0.6 is 0 Å². The van der Waals surface area contributed by atoms with Crippen molar-refractivity contribution in [2.24, 2.45) is 5.84 Å². The Kier molecular flexibility index (Phi) is 7.13. The molecule has 0 aromatic heterocycles. The molecule has 6 nitrogen and oxygen atoms in total. The number of hydrogen-bond donors (Lipinski definition) is 3. The number of Topliss-reactive ketones (excluding diaryl/α,β-unsaturated/α-hetero) is 1. The highest BCUT2D eigenvalue weighted by Crippen LogP contribution is 2.12. The first-order valence-corrected chi connectivity index (χ1v) is 6.63. The average Bonchev–Trinajstić information content (AvgIpc) is 2.46. The number of nitrogens with two attached hydrogens (primary N) is 1. The van der Waals surface area contributed by atoms with Crippen LogP contribution in [0.15, 0.2) is 24.3 Å². The van der Waals surface area contributed by atoms with Crippen molar-refractivity contribution < 1.29 is 14.3 Å². The SMILES string of the molecule is CCCC(=O)COc1ccc(CCNC(=O)NN)cc1. The molecule has 2 amide bonds. The molecule has 0 atom stereocenters. The number of rotatable bonds is 8. The van der Waals surface area contributed by atoms with E-state index in [-0.39, 0.29) is 12.4 Å². The van der Waals surface area contributed by atoms with E-state index in [1.54, 1.807) is 0 Å². The first-order valence-electron chi connectivity index (χ1n) is 6.63. The molecule has 4 N–H and O–H groups in total. The molecule has 0 spiro atoms. The molecule has 0 aliphatic heterocycles. The first kappa shape index (κ1) is 16.0. The number of hydrogen-bond acceptors (Lipinski definition) is 4. The summed E-state index contributed by atoms with van der Waals surface area (Å²) in [6.45, 7) is 2.58. The molecule has 0 fully saturated rings. The maximum Gasteiger partial charge on any atom is 0.328 e. The summed E-state index contributed by atoms with van der Waals surface area (Å²) in [5.41, 5.74) is 3.06. The number of benzene rings is 1. The largest absolute Gasteiger partial charge is 0.486 e. The second-order valence-electron chi connectivity index (χ2n) is 4.37. The van der Waals surface area contributed by atoms with Crippen molar-refractivity contribution >= 4 is 11.8 Å². The zero-order valence-electron chi connectivity index (χ0n) is 11.6. The Morgan fingerprint density at radius 2 is 1.95 bits per heavy atom. The zero-order chi connectivity index (χ0) is 14.8. The van der Waals surface area contributed by atoms with Crippen LogP contribution in [-0.4, -0.2) is 25.0 Å². The van der Waals surface area contributed by atoms with Gasteiger partial charge >= 0.3 is 6.03 Å². The molecule has 6 heteroatoms. The molecule has 110 valence electrons. The highest BCUT2D eigenvalue weighted by atomic mass is 16.5. The predicted octanol–water partition coefficient (Wildman–Crippen LogP) is 1.15. The van der Waals surface area contributed by atoms with Crippen molar-refractivity contribution in [2.45, 2.75) is 26.2 Å². The predicted molar refractivity (Wildman–Crippen MR) is 76.3 cm³/mol. The average molecular weight is 279 g/mol. The molecule has 1 aromatic rings. The molecule has 20 heavy (non-hydrogen) atoms. The fourth-order valence-corrected chi connectivity index (χ4v) is 1.64. The third kappa shape index (κ3) is 6.19. The van der Waals surface area contributed by atoms with E-state index < -0.39 is 6.03 Å². The summed E-state index contributed by atoms with van der Waals surface area (Å²) in [5, 5.41) is 2.60. The lowest BCUT2D eigenvalue weighted by Crippen LogP contribution is -2.40. The van der Waals surface area contributed by atoms with Crippen LogP contribution in [0.3, 0.4) is 0 Å². The number of urea groups is 1. The van der Waals surface area contributed by atoms with E-state index in [4.69, 9.17) is 10.6 Å². The number of ketones is 1. The van der Waals surface area contributed by atoms with Gasteiger partial charge in [-0.15, -0.1) is 0 Å². The van der Waals surface area contributed by atoms with Gasteiger partial charge in [-0.2, -0.15) is 0 Å². The lowest BCUT2D eigenvalue weighted by atomic mass is 10.1. The molecule has 0 aliphatic carbocycles. The summed E-state index contributed by atoms with van der Waals surface area (Å²) in [5.74, 6) is 5.72. The van der Waals surface area contributed by atoms with E-state index in [0.717, 1.165) is 12.0 Å². The van der Waals surface area contributed by atoms with Crippen molar-refractivity contribution in [2.75, 3.05) is 13.2 Å². The van der Waals surface area contributed by atoms with E-state index in [0.29, 0.717) is 25.1 Å². The van der Waals surface area contributed by atoms with Crippen LogP contribution in [0.25, 0.3) is 0 Å². The molecule has 0 unspecified atom stereocenters. The third-order valence-corrected chi connectivity index (χ3v) is 2.68. The molecule has 0 aliphatic rings. The van der Waals surface area contributed by atoms with E-state index in [2.05, 4.69) is 5.32 Å². The van der Waals surface area contributed by atoms with Crippen LogP contribution in [0, 0.1) is 0 Å². The van der Waals surface area contributed by atoms with Gasteiger partial charge in [-0.1, -0.05) is 19.1 Å². The second-order valence-corrected chi connectivity index (χ2v) is 4.37. The van der Waals surface area contributed by atoms with Crippen LogP contribution in [0.1, 0.15) is 25.3 Å². The van der Waals surface area contributed by atoms with Crippen LogP contribution in [0.5, 0.6) is 5.75 Å². The maximum absolute atomic E-state index is 11.3. The van der Waals surface area contributed by atoms with Gasteiger partial charge in [0.2, 0.25) is 0 Å². The minimum absolute atomic E-state index is 0.105. The monoisotopic (exact) mass is 279 g/mol. The number of amides is 2. The molecular formula is C14H21N3O3. The normalized spacial score (nSPS) is 9.90. The lowest BCUT2D eigenvalue weighted by Gasteiger charge is -2.07. The van der Waals surface area contributed by atoms with Gasteiger partial charge in [-0.3, -0.25) is 10.2 Å². The van der Waals surface area contributed by atoms with E-state index in [1.165, 1.54) is 0 Å². The van der Waals surface area contributed by atoms with Crippen LogP contribution in [0.4, 0.5) is 4.79 Å². The highest BCUT2D eigenvalue weighted by molar-refractivity contribution is 5.79. The molecule has 0 saturated carbocycles. The summed E-state index contributed by atoms with van der Waals surface area (Å²) in [6.07, 6.45) is 2.08. The Hall–Kier alpha value is -2.08. The molecule has 1 rings (SSSR count). The first-order chi connectivity index (χ1) is 9.65. The number of carbonyl (C=O) groups is 2. The van der Waals surface area contributed by atoms with E-state index in [1.807, 2.05) is 36.6 Å². The van der Waals surface area contributed by atoms with E-state index in [9.17, 15) is 9.59 Å². The zero-order valence-corrected chi connectivity index (χ0v) is 11.6. The van der Waals surface area contributed by atoms with Crippen molar-refractivity contribution in [1.29, 1.82) is 0 Å². The Bertz CT molecular complexity index is 432. The molecule has 0 radical (unpaired) electrons. The van der Waals surface area contributed by atoms with Crippen molar-refractivity contribution in [1.82, 2.24) is 10.7 Å². The van der Waals surface area contributed by atoms with Gasteiger partial charge < -0.3 is 10.1 Å². The Morgan fingerprint density at radius 3 is 2.55 bits per heavy atom. The Morgan fingerprint density at radius 1 is 1.25 bits per heavy atom. The van der Waals surface area contributed by atoms with Gasteiger partial charge in [0.15, 0.2) is 5.78 Å². The van der Waals surface area contributed by atoms with E-state index >= 15 is 0 Å². The van der Waals surface area contributed by atoms with Crippen LogP contribution in [0.2, 0.25) is 0 Å². The number of nitrogens with one attached hydrogen (secondary N) is 2. The Balaban J connectivity index is 2.32. The quantitative estimate of drug-likeness (QED) is 0.378. The van der Waals surface area contributed by atoms with Crippen molar-refractivity contribution in [3.63, 3.8) is 0 Å². The summed E-state index contributed by atoms with van der Waals surface area (Å²) in [6, 6.07) is 7.04. The summed E-state index contributed by atoms with van der Waals surface area (Å²) >= 11 is 0. The third-order valence-electron chi connectivity index (χ3n) is 2.68. The van der Waals surface area contributed by atoms with Crippen LogP contribution in [-0.2, 0) is 11.2 Å². The Labute approximate surface area is 118 Å². The molecule has 0 heterocycles. The lowest BCUT2D eigenvalue weighted by molar-refractivity contribution is -0.121. The summed E-state index contributed by atoms with van der Waals surface area (Å²) < 4.78 is 5.39. The number of hydrazine groups is 1. The molecule has 1 aromatic carbocycles. The van der Waals surface area contributed by atoms with Crippen LogP contribution < -0.4 is 21.3 Å². The van der Waals surface area contributed by atoms with Gasteiger partial charge in [0.05, 0.1) is 0 Å². The van der Waals surface area contributed by atoms with Gasteiger partial charge in [-0.25, -0.2) is 10.6 Å². The topological polar surface area (TPSA) is 93.4 Å². The van der Waals surface area contributed by atoms with Crippen molar-refractivity contribution in [3.05, 3.63) is 29.8 Å².